The van der Waals surface area contributed by atoms with Crippen LogP contribution in [0.1, 0.15) is 66.5 Å². The van der Waals surface area contributed by atoms with Gasteiger partial charge in [-0.3, -0.25) is 0 Å². The molecule has 0 bridgehead atoms. The molecule has 196 valence electrons. The Labute approximate surface area is 221 Å². The normalized spacial score (nSPS) is 27.5. The van der Waals surface area contributed by atoms with Crippen molar-refractivity contribution in [1.29, 1.82) is 5.26 Å². The third-order valence-electron chi connectivity index (χ3n) is 9.44. The monoisotopic (exact) mass is 500 g/mol. The van der Waals surface area contributed by atoms with Gasteiger partial charge in [0.05, 0.1) is 18.2 Å². The van der Waals surface area contributed by atoms with Gasteiger partial charge in [0.1, 0.15) is 12.4 Å². The van der Waals surface area contributed by atoms with Crippen LogP contribution < -0.4 is 15.0 Å². The van der Waals surface area contributed by atoms with Crippen molar-refractivity contribution in [2.45, 2.75) is 82.2 Å². The zero-order valence-corrected chi connectivity index (χ0v) is 22.4. The SMILES string of the molecule is Cc1cccc2c1CCCC21CCc2c(nc(OC[C@@H]3CCCN3C)nc2N2CCN[C@@H](CC#N)C2)C1. The quantitative estimate of drug-likeness (QED) is 0.671. The maximum atomic E-state index is 9.29. The summed E-state index contributed by atoms with van der Waals surface area (Å²) >= 11 is 0. The van der Waals surface area contributed by atoms with Crippen LogP contribution in [0.3, 0.4) is 0 Å². The van der Waals surface area contributed by atoms with Gasteiger partial charge in [0.25, 0.3) is 0 Å². The Hall–Kier alpha value is -2.69. The van der Waals surface area contributed by atoms with Crippen LogP contribution in [-0.4, -0.2) is 66.8 Å². The van der Waals surface area contributed by atoms with Gasteiger partial charge in [-0.1, -0.05) is 18.2 Å². The number of likely N-dealkylation sites (tertiary alicyclic amines) is 1. The second-order valence-electron chi connectivity index (χ2n) is 11.7. The lowest BCUT2D eigenvalue weighted by atomic mass is 9.61. The molecule has 2 aliphatic carbocycles. The second kappa shape index (κ2) is 10.2. The Morgan fingerprint density at radius 2 is 2.08 bits per heavy atom. The predicted octanol–water partition coefficient (Wildman–Crippen LogP) is 3.71. The van der Waals surface area contributed by atoms with E-state index in [4.69, 9.17) is 14.7 Å². The molecule has 3 heterocycles. The van der Waals surface area contributed by atoms with Gasteiger partial charge in [-0.25, -0.2) is 0 Å². The van der Waals surface area contributed by atoms with E-state index >= 15 is 0 Å². The van der Waals surface area contributed by atoms with E-state index in [-0.39, 0.29) is 11.5 Å². The highest BCUT2D eigenvalue weighted by Gasteiger charge is 2.42. The lowest BCUT2D eigenvalue weighted by Crippen LogP contribution is -2.51. The number of ether oxygens (including phenoxy) is 1. The number of aromatic nitrogens is 2. The first-order valence-electron chi connectivity index (χ1n) is 14.2. The summed E-state index contributed by atoms with van der Waals surface area (Å²) in [7, 11) is 2.18. The van der Waals surface area contributed by atoms with E-state index < -0.39 is 0 Å². The number of rotatable bonds is 5. The third kappa shape index (κ3) is 4.70. The van der Waals surface area contributed by atoms with E-state index in [0.29, 0.717) is 25.1 Å². The average Bonchev–Trinajstić information content (AvgIpc) is 3.32. The summed E-state index contributed by atoms with van der Waals surface area (Å²) in [5, 5.41) is 12.8. The van der Waals surface area contributed by atoms with Crippen molar-refractivity contribution in [1.82, 2.24) is 20.2 Å². The van der Waals surface area contributed by atoms with Gasteiger partial charge >= 0.3 is 6.01 Å². The number of likely N-dealkylation sites (N-methyl/N-ethyl adjacent to an activating group) is 1. The molecule has 7 nitrogen and oxygen atoms in total. The number of fused-ring (bicyclic) bond motifs is 3. The molecule has 1 spiro atoms. The van der Waals surface area contributed by atoms with Crippen LogP contribution in [0.4, 0.5) is 5.82 Å². The number of benzene rings is 1. The number of hydrogen-bond acceptors (Lipinski definition) is 7. The van der Waals surface area contributed by atoms with Gasteiger partial charge in [0.2, 0.25) is 0 Å². The molecule has 1 unspecified atom stereocenters. The maximum absolute atomic E-state index is 9.29. The number of anilines is 1. The fraction of sp³-hybridized carbons (Fsp3) is 0.633. The summed E-state index contributed by atoms with van der Waals surface area (Å²) in [6.45, 7) is 6.60. The predicted molar refractivity (Wildman–Crippen MR) is 145 cm³/mol. The minimum atomic E-state index is 0.161. The number of piperazine rings is 1. The average molecular weight is 501 g/mol. The van der Waals surface area contributed by atoms with Crippen LogP contribution in [0.2, 0.25) is 0 Å². The Morgan fingerprint density at radius 3 is 2.92 bits per heavy atom. The van der Waals surface area contributed by atoms with Crippen molar-refractivity contribution >= 4 is 5.82 Å². The van der Waals surface area contributed by atoms with E-state index in [1.807, 2.05) is 0 Å². The van der Waals surface area contributed by atoms with Crippen molar-refractivity contribution in [2.75, 3.05) is 44.7 Å². The first-order valence-corrected chi connectivity index (χ1v) is 14.2. The first kappa shape index (κ1) is 24.6. The molecule has 2 saturated heterocycles. The minimum absolute atomic E-state index is 0.161. The van der Waals surface area contributed by atoms with Crippen molar-refractivity contribution in [3.8, 4) is 12.1 Å². The largest absolute Gasteiger partial charge is 0.462 e. The number of nitrogens with zero attached hydrogens (tertiary/aromatic N) is 5. The Bertz CT molecular complexity index is 1190. The highest BCUT2D eigenvalue weighted by atomic mass is 16.5. The fourth-order valence-electron chi connectivity index (χ4n) is 7.33. The summed E-state index contributed by atoms with van der Waals surface area (Å²) in [5.41, 5.74) is 7.18. The van der Waals surface area contributed by atoms with Crippen LogP contribution in [0.5, 0.6) is 6.01 Å². The summed E-state index contributed by atoms with van der Waals surface area (Å²) in [4.78, 5) is 14.9. The standard InChI is InChI=1S/C30H40N6O/c1-21-6-3-9-26-24(21)8-4-12-30(26)13-10-25-27(18-30)33-29(37-20-23-7-5-16-35(23)2)34-28(25)36-17-15-32-22(19-36)11-14-31/h3,6,9,22-23,32H,4-5,7-8,10-13,15-20H2,1-2H3/t22-,23-,30?/m0/s1. The summed E-state index contributed by atoms with van der Waals surface area (Å²) in [6.07, 6.45) is 9.67. The highest BCUT2D eigenvalue weighted by molar-refractivity contribution is 5.54. The summed E-state index contributed by atoms with van der Waals surface area (Å²) < 4.78 is 6.34. The topological polar surface area (TPSA) is 77.3 Å². The molecule has 2 aliphatic heterocycles. The smallest absolute Gasteiger partial charge is 0.318 e. The molecule has 2 fully saturated rings. The lowest BCUT2D eigenvalue weighted by molar-refractivity contribution is 0.186. The molecular weight excluding hydrogens is 460 g/mol. The fourth-order valence-corrected chi connectivity index (χ4v) is 7.33. The molecule has 6 rings (SSSR count). The first-order chi connectivity index (χ1) is 18.1. The molecule has 0 amide bonds. The summed E-state index contributed by atoms with van der Waals surface area (Å²) in [5.74, 6) is 1.04. The van der Waals surface area contributed by atoms with E-state index in [2.05, 4.69) is 53.4 Å². The zero-order valence-electron chi connectivity index (χ0n) is 22.4. The second-order valence-corrected chi connectivity index (χ2v) is 11.7. The van der Waals surface area contributed by atoms with Crippen molar-refractivity contribution < 1.29 is 4.74 Å². The number of hydrogen-bond donors (Lipinski definition) is 1. The molecule has 0 radical (unpaired) electrons. The molecule has 3 atom stereocenters. The van der Waals surface area contributed by atoms with E-state index in [1.165, 1.54) is 48.9 Å². The van der Waals surface area contributed by atoms with Crippen LogP contribution in [0.25, 0.3) is 0 Å². The number of nitriles is 1. The van der Waals surface area contributed by atoms with Crippen molar-refractivity contribution in [3.63, 3.8) is 0 Å². The van der Waals surface area contributed by atoms with E-state index in [0.717, 1.165) is 51.3 Å². The molecule has 4 aliphatic rings. The van der Waals surface area contributed by atoms with Crippen LogP contribution in [0.15, 0.2) is 18.2 Å². The molecular formula is C30H40N6O. The van der Waals surface area contributed by atoms with Gasteiger partial charge in [-0.15, -0.1) is 0 Å². The molecule has 1 aromatic carbocycles. The van der Waals surface area contributed by atoms with Gasteiger partial charge in [0, 0.05) is 42.7 Å². The number of aryl methyl sites for hydroxylation is 1. The Morgan fingerprint density at radius 1 is 1.16 bits per heavy atom. The molecule has 37 heavy (non-hydrogen) atoms. The lowest BCUT2D eigenvalue weighted by Gasteiger charge is -2.44. The van der Waals surface area contributed by atoms with Gasteiger partial charge in [-0.2, -0.15) is 15.2 Å². The molecule has 2 aromatic rings. The Balaban J connectivity index is 1.35. The van der Waals surface area contributed by atoms with Crippen molar-refractivity contribution in [2.24, 2.45) is 0 Å². The number of nitrogens with one attached hydrogen (secondary N) is 1. The molecule has 1 N–H and O–H groups in total. The molecule has 7 heteroatoms. The van der Waals surface area contributed by atoms with E-state index in [9.17, 15) is 5.26 Å². The van der Waals surface area contributed by atoms with Gasteiger partial charge < -0.3 is 19.9 Å². The zero-order chi connectivity index (χ0) is 25.4. The van der Waals surface area contributed by atoms with Crippen molar-refractivity contribution in [3.05, 3.63) is 46.1 Å². The Kier molecular flexibility index (Phi) is 6.81. The van der Waals surface area contributed by atoms with Crippen LogP contribution in [-0.2, 0) is 24.7 Å². The highest BCUT2D eigenvalue weighted by Crippen LogP contribution is 2.48. The van der Waals surface area contributed by atoms with Gasteiger partial charge in [0.15, 0.2) is 0 Å². The maximum Gasteiger partial charge on any atom is 0.318 e. The molecule has 0 saturated carbocycles. The van der Waals surface area contributed by atoms with E-state index in [1.54, 1.807) is 11.1 Å². The molecule has 1 aromatic heterocycles. The van der Waals surface area contributed by atoms with Gasteiger partial charge in [-0.05, 0) is 88.6 Å². The minimum Gasteiger partial charge on any atom is -0.462 e. The summed E-state index contributed by atoms with van der Waals surface area (Å²) in [6, 6.07) is 10.4. The van der Waals surface area contributed by atoms with Crippen LogP contribution >= 0.6 is 0 Å². The third-order valence-corrected chi connectivity index (χ3v) is 9.44. The van der Waals surface area contributed by atoms with Crippen LogP contribution in [0, 0.1) is 18.3 Å².